The Morgan fingerprint density at radius 2 is 1.69 bits per heavy atom. The second-order valence-electron chi connectivity index (χ2n) is 14.2. The molecule has 5 aromatic rings. The van der Waals surface area contributed by atoms with Crippen LogP contribution in [0, 0.1) is 6.92 Å². The monoisotopic (exact) mass is 782 g/mol. The summed E-state index contributed by atoms with van der Waals surface area (Å²) in [4.78, 5) is 18.9. The van der Waals surface area contributed by atoms with Crippen molar-refractivity contribution in [1.29, 1.82) is 0 Å². The minimum absolute atomic E-state index is 0.0481. The molecule has 4 aromatic carbocycles. The summed E-state index contributed by atoms with van der Waals surface area (Å²) in [5.41, 5.74) is 6.46. The van der Waals surface area contributed by atoms with Crippen LogP contribution in [0.1, 0.15) is 40.7 Å². The molecule has 8 nitrogen and oxygen atoms in total. The number of ether oxygens (including phenoxy) is 1. The van der Waals surface area contributed by atoms with Crippen LogP contribution in [0.2, 0.25) is 0 Å². The number of thiophene rings is 1. The average molecular weight is 783 g/mol. The topological polar surface area (TPSA) is 91.0 Å². The molecule has 1 aromatic heterocycles. The zero-order chi connectivity index (χ0) is 38.1. The fraction of sp³-hybridized carbons (Fsp3) is 0.326. The molecule has 284 valence electrons. The van der Waals surface area contributed by atoms with E-state index in [-0.39, 0.29) is 22.1 Å². The van der Waals surface area contributed by atoms with Gasteiger partial charge in [-0.15, -0.1) is 11.8 Å². The van der Waals surface area contributed by atoms with Gasteiger partial charge in [-0.25, -0.2) is 13.1 Å². The summed E-state index contributed by atoms with van der Waals surface area (Å²) in [6, 6.07) is 33.3. The van der Waals surface area contributed by atoms with Crippen molar-refractivity contribution < 1.29 is 17.9 Å². The van der Waals surface area contributed by atoms with Crippen LogP contribution in [0.4, 0.5) is 11.4 Å². The predicted octanol–water partition coefficient (Wildman–Crippen LogP) is 8.59. The van der Waals surface area contributed by atoms with Crippen molar-refractivity contribution >= 4 is 50.4 Å². The van der Waals surface area contributed by atoms with Crippen LogP contribution in [0.25, 0.3) is 11.1 Å². The zero-order valence-corrected chi connectivity index (χ0v) is 33.9. The standard InChI is InChI=1S/C43H50N4O4S3/c1-32-28-39(18-19-41(32)44-36(20-24-46(2)3)31-53-38-11-6-5-7-12-38)54(49,50)45-42(48)33-14-16-37(17-15-33)47-25-22-43(51-4,23-26-47)29-34-10-8-9-13-40(34)35-21-27-52-30-35/h5-19,21,27-28,30,36,44H,20,22-26,29,31H2,1-4H3,(H,45,48)/t36-/m1/s1. The number of carbonyl (C=O) groups is 1. The fourth-order valence-corrected chi connectivity index (χ4v) is 9.63. The summed E-state index contributed by atoms with van der Waals surface area (Å²) >= 11 is 3.50. The molecule has 0 unspecified atom stereocenters. The van der Waals surface area contributed by atoms with E-state index < -0.39 is 15.9 Å². The number of aryl methyl sites for hydroxylation is 1. The molecule has 1 fully saturated rings. The smallest absolute Gasteiger partial charge is 0.264 e. The lowest BCUT2D eigenvalue weighted by molar-refractivity contribution is -0.0288. The van der Waals surface area contributed by atoms with Crippen molar-refractivity contribution in [3.63, 3.8) is 0 Å². The van der Waals surface area contributed by atoms with Gasteiger partial charge in [-0.05, 0) is 141 Å². The lowest BCUT2D eigenvalue weighted by Gasteiger charge is -2.42. The maximum absolute atomic E-state index is 13.4. The summed E-state index contributed by atoms with van der Waals surface area (Å²) in [5.74, 6) is 0.202. The Balaban J connectivity index is 1.05. The van der Waals surface area contributed by atoms with Crippen LogP contribution in [0.5, 0.6) is 0 Å². The van der Waals surface area contributed by atoms with E-state index in [9.17, 15) is 13.2 Å². The van der Waals surface area contributed by atoms with E-state index in [1.807, 2.05) is 44.4 Å². The first-order valence-corrected chi connectivity index (χ1v) is 21.7. The molecule has 0 saturated carbocycles. The highest BCUT2D eigenvalue weighted by Crippen LogP contribution is 2.36. The Morgan fingerprint density at radius 1 is 0.963 bits per heavy atom. The molecule has 1 amide bonds. The van der Waals surface area contributed by atoms with E-state index >= 15 is 0 Å². The van der Waals surface area contributed by atoms with Crippen molar-refractivity contribution in [3.05, 3.63) is 131 Å². The number of thioether (sulfide) groups is 1. The maximum Gasteiger partial charge on any atom is 0.264 e. The van der Waals surface area contributed by atoms with Crippen LogP contribution >= 0.6 is 23.1 Å². The molecular weight excluding hydrogens is 733 g/mol. The average Bonchev–Trinajstić information content (AvgIpc) is 3.72. The van der Waals surface area contributed by atoms with E-state index in [0.717, 1.165) is 68.0 Å². The molecule has 0 radical (unpaired) electrons. The van der Waals surface area contributed by atoms with Crippen molar-refractivity contribution in [2.24, 2.45) is 0 Å². The number of hydrogen-bond donors (Lipinski definition) is 2. The summed E-state index contributed by atoms with van der Waals surface area (Å²) < 4.78 is 35.2. The van der Waals surface area contributed by atoms with Crippen LogP contribution < -0.4 is 14.9 Å². The number of methoxy groups -OCH3 is 1. The van der Waals surface area contributed by atoms with Crippen molar-refractivity contribution in [2.45, 2.75) is 54.0 Å². The predicted molar refractivity (Wildman–Crippen MR) is 225 cm³/mol. The van der Waals surface area contributed by atoms with E-state index in [2.05, 4.69) is 87.2 Å². The molecule has 2 heterocycles. The summed E-state index contributed by atoms with van der Waals surface area (Å²) in [5, 5.41) is 7.93. The van der Waals surface area contributed by atoms with Crippen LogP contribution in [0.15, 0.2) is 124 Å². The van der Waals surface area contributed by atoms with Gasteiger partial charge in [-0.1, -0.05) is 42.5 Å². The zero-order valence-electron chi connectivity index (χ0n) is 31.5. The number of benzene rings is 4. The lowest BCUT2D eigenvalue weighted by atomic mass is 9.83. The van der Waals surface area contributed by atoms with Gasteiger partial charge in [0.1, 0.15) is 0 Å². The molecule has 0 spiro atoms. The minimum Gasteiger partial charge on any atom is -0.381 e. The highest BCUT2D eigenvalue weighted by Gasteiger charge is 2.35. The molecule has 1 atom stereocenters. The number of piperidine rings is 1. The van der Waals surface area contributed by atoms with Crippen LogP contribution in [0.3, 0.4) is 0 Å². The first-order valence-electron chi connectivity index (χ1n) is 18.3. The SMILES string of the molecule is COC1(Cc2ccccc2-c2ccsc2)CCN(c2ccc(C(=O)NS(=O)(=O)c3ccc(N[C@H](CCN(C)C)CSc4ccccc4)c(C)c3)cc2)CC1. The van der Waals surface area contributed by atoms with Gasteiger partial charge in [0.25, 0.3) is 15.9 Å². The molecule has 2 N–H and O–H groups in total. The van der Waals surface area contributed by atoms with Crippen molar-refractivity contribution in [3.8, 4) is 11.1 Å². The number of carbonyl (C=O) groups excluding carboxylic acids is 1. The van der Waals surface area contributed by atoms with Gasteiger partial charge in [-0.2, -0.15) is 11.3 Å². The Labute approximate surface area is 329 Å². The second-order valence-corrected chi connectivity index (χ2v) is 17.8. The van der Waals surface area contributed by atoms with E-state index in [0.29, 0.717) is 0 Å². The van der Waals surface area contributed by atoms with E-state index in [1.165, 1.54) is 21.6 Å². The molecule has 1 saturated heterocycles. The van der Waals surface area contributed by atoms with Gasteiger partial charge in [0.15, 0.2) is 0 Å². The third kappa shape index (κ3) is 10.1. The number of sulfonamides is 1. The first-order chi connectivity index (χ1) is 26.0. The van der Waals surface area contributed by atoms with Crippen LogP contribution in [-0.4, -0.2) is 77.5 Å². The molecule has 0 aliphatic carbocycles. The normalized spacial score (nSPS) is 14.9. The van der Waals surface area contributed by atoms with Crippen LogP contribution in [-0.2, 0) is 21.2 Å². The van der Waals surface area contributed by atoms with Gasteiger partial charge in [0.2, 0.25) is 0 Å². The number of anilines is 2. The lowest BCUT2D eigenvalue weighted by Crippen LogP contribution is -2.47. The number of rotatable bonds is 16. The molecular formula is C43H50N4O4S3. The van der Waals surface area contributed by atoms with Gasteiger partial charge >= 0.3 is 0 Å². The molecule has 6 rings (SSSR count). The summed E-state index contributed by atoms with van der Waals surface area (Å²) in [6.45, 7) is 4.42. The number of amides is 1. The molecule has 54 heavy (non-hydrogen) atoms. The van der Waals surface area contributed by atoms with Gasteiger partial charge in [0.05, 0.1) is 10.5 Å². The minimum atomic E-state index is -4.09. The quantitative estimate of drug-likeness (QED) is 0.0963. The third-order valence-corrected chi connectivity index (χ3v) is 13.4. The van der Waals surface area contributed by atoms with Gasteiger partial charge in [-0.3, -0.25) is 4.79 Å². The van der Waals surface area contributed by atoms with Crippen molar-refractivity contribution in [2.75, 3.05) is 56.8 Å². The molecule has 0 bridgehead atoms. The second kappa shape index (κ2) is 18.0. The van der Waals surface area contributed by atoms with E-state index in [4.69, 9.17) is 4.74 Å². The highest BCUT2D eigenvalue weighted by atomic mass is 32.2. The largest absolute Gasteiger partial charge is 0.381 e. The number of hydrogen-bond acceptors (Lipinski definition) is 9. The Kier molecular flexibility index (Phi) is 13.2. The fourth-order valence-electron chi connectivity index (χ4n) is 6.92. The first kappa shape index (κ1) is 39.6. The molecule has 1 aliphatic heterocycles. The molecule has 1 aliphatic rings. The summed E-state index contributed by atoms with van der Waals surface area (Å²) in [7, 11) is 1.84. The number of nitrogens with zero attached hydrogens (tertiary/aromatic N) is 2. The van der Waals surface area contributed by atoms with Gasteiger partial charge < -0.3 is 19.9 Å². The molecule has 11 heteroatoms. The van der Waals surface area contributed by atoms with Crippen molar-refractivity contribution in [1.82, 2.24) is 9.62 Å². The summed E-state index contributed by atoms with van der Waals surface area (Å²) in [6.07, 6.45) is 3.48. The van der Waals surface area contributed by atoms with Gasteiger partial charge in [0, 0.05) is 60.2 Å². The Hall–Kier alpha value is -4.13. The Morgan fingerprint density at radius 3 is 2.35 bits per heavy atom. The number of nitrogens with one attached hydrogen (secondary N) is 2. The van der Waals surface area contributed by atoms with E-state index in [1.54, 1.807) is 53.4 Å². The highest BCUT2D eigenvalue weighted by molar-refractivity contribution is 7.99. The third-order valence-electron chi connectivity index (χ3n) is 10.2. The maximum atomic E-state index is 13.4. The Bertz CT molecular complexity index is 2080.